The predicted molar refractivity (Wildman–Crippen MR) is 86.2 cm³/mol. The van der Waals surface area contributed by atoms with Gasteiger partial charge in [-0.3, -0.25) is 0 Å². The third-order valence-corrected chi connectivity index (χ3v) is 4.36. The van der Waals surface area contributed by atoms with E-state index in [1.165, 1.54) is 30.0 Å². The van der Waals surface area contributed by atoms with Crippen LogP contribution in [-0.2, 0) is 13.0 Å². The first-order valence-electron chi connectivity index (χ1n) is 8.09. The number of aromatic nitrogens is 1. The fourth-order valence-corrected chi connectivity index (χ4v) is 2.89. The van der Waals surface area contributed by atoms with Gasteiger partial charge in [-0.1, -0.05) is 27.7 Å². The van der Waals surface area contributed by atoms with Crippen LogP contribution in [-0.4, -0.2) is 24.6 Å². The Morgan fingerprint density at radius 3 is 2.75 bits per heavy atom. The van der Waals surface area contributed by atoms with Crippen LogP contribution in [0.5, 0.6) is 0 Å². The Balaban J connectivity index is 2.14. The zero-order chi connectivity index (χ0) is 14.5. The molecule has 1 atom stereocenters. The highest BCUT2D eigenvalue weighted by Crippen LogP contribution is 2.28. The molecule has 1 aromatic rings. The molecule has 1 aliphatic rings. The smallest absolute Gasteiger partial charge is 0.129 e. The summed E-state index contributed by atoms with van der Waals surface area (Å²) in [7, 11) is 0. The lowest BCUT2D eigenvalue weighted by Gasteiger charge is -2.20. The van der Waals surface area contributed by atoms with E-state index in [0.717, 1.165) is 37.9 Å². The molecular weight excluding hydrogens is 246 g/mol. The summed E-state index contributed by atoms with van der Waals surface area (Å²) in [6, 6.07) is 4.51. The van der Waals surface area contributed by atoms with E-state index in [2.05, 4.69) is 50.0 Å². The van der Waals surface area contributed by atoms with Gasteiger partial charge in [-0.05, 0) is 48.9 Å². The lowest BCUT2D eigenvalue weighted by atomic mass is 9.95. The third kappa shape index (κ3) is 3.72. The number of pyridine rings is 1. The van der Waals surface area contributed by atoms with Crippen molar-refractivity contribution in [3.63, 3.8) is 0 Å². The van der Waals surface area contributed by atoms with Crippen molar-refractivity contribution in [1.82, 2.24) is 10.3 Å². The van der Waals surface area contributed by atoms with E-state index in [4.69, 9.17) is 4.98 Å². The molecule has 1 unspecified atom stereocenters. The molecule has 0 aromatic carbocycles. The maximum absolute atomic E-state index is 4.83. The summed E-state index contributed by atoms with van der Waals surface area (Å²) in [5.74, 6) is 2.77. The molecule has 2 rings (SSSR count). The molecule has 0 bridgehead atoms. The van der Waals surface area contributed by atoms with Crippen molar-refractivity contribution in [3.05, 3.63) is 23.4 Å². The van der Waals surface area contributed by atoms with Crippen molar-refractivity contribution < 1.29 is 0 Å². The van der Waals surface area contributed by atoms with Gasteiger partial charge in [0.1, 0.15) is 5.82 Å². The van der Waals surface area contributed by atoms with Gasteiger partial charge < -0.3 is 10.2 Å². The van der Waals surface area contributed by atoms with Crippen LogP contribution < -0.4 is 10.2 Å². The number of anilines is 1. The van der Waals surface area contributed by atoms with Gasteiger partial charge in [-0.15, -0.1) is 0 Å². The van der Waals surface area contributed by atoms with E-state index in [1.807, 2.05) is 0 Å². The van der Waals surface area contributed by atoms with Gasteiger partial charge in [0, 0.05) is 25.3 Å². The molecule has 1 aliphatic heterocycles. The van der Waals surface area contributed by atoms with E-state index in [1.54, 1.807) is 0 Å². The molecule has 1 saturated heterocycles. The molecular formula is C17H29N3. The average molecular weight is 275 g/mol. The van der Waals surface area contributed by atoms with Crippen molar-refractivity contribution in [2.45, 2.75) is 47.1 Å². The average Bonchev–Trinajstić information content (AvgIpc) is 2.94. The van der Waals surface area contributed by atoms with E-state index in [9.17, 15) is 0 Å². The fraction of sp³-hybridized carbons (Fsp3) is 0.706. The Kier molecular flexibility index (Phi) is 5.41. The summed E-state index contributed by atoms with van der Waals surface area (Å²) in [5, 5.41) is 3.41. The van der Waals surface area contributed by atoms with Crippen LogP contribution in [0.15, 0.2) is 12.1 Å². The number of hydrogen-bond donors (Lipinski definition) is 1. The van der Waals surface area contributed by atoms with Crippen molar-refractivity contribution in [3.8, 4) is 0 Å². The highest BCUT2D eigenvalue weighted by molar-refractivity contribution is 5.44. The van der Waals surface area contributed by atoms with Crippen LogP contribution >= 0.6 is 0 Å². The Bertz CT molecular complexity index is 428. The molecule has 2 heterocycles. The summed E-state index contributed by atoms with van der Waals surface area (Å²) >= 11 is 0. The maximum atomic E-state index is 4.83. The number of nitrogens with one attached hydrogen (secondary N) is 1. The van der Waals surface area contributed by atoms with Crippen LogP contribution in [0, 0.1) is 11.8 Å². The SMILES string of the molecule is CCNCc1cc(CC)nc(N2CCC(C(C)C)C2)c1. The minimum atomic E-state index is 0.774. The largest absolute Gasteiger partial charge is 0.356 e. The maximum Gasteiger partial charge on any atom is 0.129 e. The Morgan fingerprint density at radius 1 is 1.35 bits per heavy atom. The molecule has 0 amide bonds. The van der Waals surface area contributed by atoms with E-state index < -0.39 is 0 Å². The third-order valence-electron chi connectivity index (χ3n) is 4.36. The van der Waals surface area contributed by atoms with Gasteiger partial charge in [-0.25, -0.2) is 4.98 Å². The zero-order valence-electron chi connectivity index (χ0n) is 13.4. The van der Waals surface area contributed by atoms with Crippen molar-refractivity contribution in [2.24, 2.45) is 11.8 Å². The fourth-order valence-electron chi connectivity index (χ4n) is 2.89. The minimum absolute atomic E-state index is 0.774. The molecule has 1 aromatic heterocycles. The summed E-state index contributed by atoms with van der Waals surface area (Å²) in [6.45, 7) is 13.3. The molecule has 0 radical (unpaired) electrons. The van der Waals surface area contributed by atoms with E-state index in [-0.39, 0.29) is 0 Å². The van der Waals surface area contributed by atoms with Crippen LogP contribution in [0.1, 0.15) is 45.4 Å². The standard InChI is InChI=1S/C17H29N3/c1-5-16-9-14(11-18-6-2)10-17(19-16)20-8-7-15(12-20)13(3)4/h9-10,13,15,18H,5-8,11-12H2,1-4H3. The zero-order valence-corrected chi connectivity index (χ0v) is 13.4. The number of aryl methyl sites for hydroxylation is 1. The second-order valence-corrected chi connectivity index (χ2v) is 6.20. The summed E-state index contributed by atoms with van der Waals surface area (Å²) in [5.41, 5.74) is 2.57. The lowest BCUT2D eigenvalue weighted by Crippen LogP contribution is -2.23. The first-order chi connectivity index (χ1) is 9.63. The van der Waals surface area contributed by atoms with Gasteiger partial charge in [0.25, 0.3) is 0 Å². The van der Waals surface area contributed by atoms with Crippen LogP contribution in [0.3, 0.4) is 0 Å². The number of nitrogens with zero attached hydrogens (tertiary/aromatic N) is 2. The normalized spacial score (nSPS) is 19.1. The molecule has 0 spiro atoms. The van der Waals surface area contributed by atoms with Crippen LogP contribution in [0.25, 0.3) is 0 Å². The molecule has 1 fully saturated rings. The topological polar surface area (TPSA) is 28.2 Å². The van der Waals surface area contributed by atoms with Crippen LogP contribution in [0.4, 0.5) is 5.82 Å². The Hall–Kier alpha value is -1.09. The Morgan fingerprint density at radius 2 is 2.15 bits per heavy atom. The van der Waals surface area contributed by atoms with E-state index in [0.29, 0.717) is 0 Å². The van der Waals surface area contributed by atoms with Gasteiger partial charge in [0.15, 0.2) is 0 Å². The molecule has 3 nitrogen and oxygen atoms in total. The molecule has 1 N–H and O–H groups in total. The van der Waals surface area contributed by atoms with Gasteiger partial charge >= 0.3 is 0 Å². The first-order valence-corrected chi connectivity index (χ1v) is 8.09. The highest BCUT2D eigenvalue weighted by Gasteiger charge is 2.25. The molecule has 112 valence electrons. The lowest BCUT2D eigenvalue weighted by molar-refractivity contribution is 0.422. The van der Waals surface area contributed by atoms with Gasteiger partial charge in [-0.2, -0.15) is 0 Å². The second kappa shape index (κ2) is 7.07. The van der Waals surface area contributed by atoms with Crippen LogP contribution in [0.2, 0.25) is 0 Å². The van der Waals surface area contributed by atoms with Gasteiger partial charge in [0.2, 0.25) is 0 Å². The summed E-state index contributed by atoms with van der Waals surface area (Å²) in [6.07, 6.45) is 2.31. The summed E-state index contributed by atoms with van der Waals surface area (Å²) < 4.78 is 0. The highest BCUT2D eigenvalue weighted by atomic mass is 15.2. The Labute approximate surface area is 123 Å². The van der Waals surface area contributed by atoms with Crippen molar-refractivity contribution in [1.29, 1.82) is 0 Å². The quantitative estimate of drug-likeness (QED) is 0.864. The van der Waals surface area contributed by atoms with Gasteiger partial charge in [0.05, 0.1) is 0 Å². The number of hydrogen-bond acceptors (Lipinski definition) is 3. The molecule has 20 heavy (non-hydrogen) atoms. The summed E-state index contributed by atoms with van der Waals surface area (Å²) in [4.78, 5) is 7.31. The molecule has 0 aliphatic carbocycles. The van der Waals surface area contributed by atoms with E-state index >= 15 is 0 Å². The molecule has 0 saturated carbocycles. The van der Waals surface area contributed by atoms with Crippen molar-refractivity contribution in [2.75, 3.05) is 24.5 Å². The first kappa shape index (κ1) is 15.3. The van der Waals surface area contributed by atoms with Crippen molar-refractivity contribution >= 4 is 5.82 Å². The monoisotopic (exact) mass is 275 g/mol. The second-order valence-electron chi connectivity index (χ2n) is 6.20. The molecule has 3 heteroatoms. The minimum Gasteiger partial charge on any atom is -0.356 e. The predicted octanol–water partition coefficient (Wildman–Crippen LogP) is 3.24. The number of rotatable bonds is 6.